The smallest absolute Gasteiger partial charge is 0.320 e. The zero-order chi connectivity index (χ0) is 13.1. The van der Waals surface area contributed by atoms with Gasteiger partial charge in [-0.1, -0.05) is 0 Å². The Morgan fingerprint density at radius 1 is 0.944 bits per heavy atom. The summed E-state index contributed by atoms with van der Waals surface area (Å²) in [6.07, 6.45) is 3.45. The molecule has 0 N–H and O–H groups in total. The van der Waals surface area contributed by atoms with Gasteiger partial charge in [0.1, 0.15) is 0 Å². The zero-order valence-electron chi connectivity index (χ0n) is 11.4. The first-order valence-corrected chi connectivity index (χ1v) is 6.90. The van der Waals surface area contributed by atoms with Crippen molar-refractivity contribution in [2.45, 2.75) is 39.2 Å². The molecule has 0 bridgehead atoms. The molecule has 1 atom stereocenters. The van der Waals surface area contributed by atoms with Crippen molar-refractivity contribution in [1.29, 1.82) is 0 Å². The minimum absolute atomic E-state index is 0.105. The number of likely N-dealkylation sites (tertiary alicyclic amines) is 1. The van der Waals surface area contributed by atoms with Crippen molar-refractivity contribution in [3.05, 3.63) is 0 Å². The van der Waals surface area contributed by atoms with E-state index in [0.29, 0.717) is 32.2 Å². The third-order valence-corrected chi connectivity index (χ3v) is 4.04. The van der Waals surface area contributed by atoms with Crippen LogP contribution in [0.1, 0.15) is 33.1 Å². The molecule has 0 saturated carbocycles. The molecule has 2 aliphatic heterocycles. The number of piperidine rings is 1. The predicted molar refractivity (Wildman–Crippen MR) is 69.2 cm³/mol. The summed E-state index contributed by atoms with van der Waals surface area (Å²) < 4.78 is 0. The molecule has 2 fully saturated rings. The van der Waals surface area contributed by atoms with Crippen LogP contribution in [0.5, 0.6) is 0 Å². The summed E-state index contributed by atoms with van der Waals surface area (Å²) in [4.78, 5) is 29.3. The maximum atomic E-state index is 12.4. The fraction of sp³-hybridized carbons (Fsp3) is 0.846. The number of rotatable bonds is 0. The van der Waals surface area contributed by atoms with Crippen molar-refractivity contribution >= 4 is 11.9 Å². The Bertz CT molecular complexity index is 324. The Hall–Kier alpha value is -1.26. The molecule has 2 heterocycles. The van der Waals surface area contributed by atoms with E-state index in [0.717, 1.165) is 19.4 Å². The number of urea groups is 1. The molecule has 0 spiro atoms. The second-order valence-electron chi connectivity index (χ2n) is 5.31. The molecule has 2 aliphatic rings. The third kappa shape index (κ3) is 2.76. The SMILES string of the molecule is CC(=O)N1CCN(C(=O)N2CCCCC2C)CC1. The van der Waals surface area contributed by atoms with Crippen molar-refractivity contribution in [3.8, 4) is 0 Å². The average molecular weight is 253 g/mol. The molecule has 1 unspecified atom stereocenters. The van der Waals surface area contributed by atoms with Gasteiger partial charge in [-0.2, -0.15) is 0 Å². The molecular formula is C13H23N3O2. The molecule has 3 amide bonds. The highest BCUT2D eigenvalue weighted by molar-refractivity contribution is 5.76. The van der Waals surface area contributed by atoms with E-state index >= 15 is 0 Å². The van der Waals surface area contributed by atoms with Gasteiger partial charge in [-0.3, -0.25) is 4.79 Å². The van der Waals surface area contributed by atoms with Gasteiger partial charge in [0.25, 0.3) is 0 Å². The summed E-state index contributed by atoms with van der Waals surface area (Å²) in [6, 6.07) is 0.516. The van der Waals surface area contributed by atoms with E-state index in [-0.39, 0.29) is 11.9 Å². The van der Waals surface area contributed by atoms with Crippen LogP contribution in [0.15, 0.2) is 0 Å². The lowest BCUT2D eigenvalue weighted by atomic mass is 10.0. The topological polar surface area (TPSA) is 43.9 Å². The molecule has 18 heavy (non-hydrogen) atoms. The molecule has 5 nitrogen and oxygen atoms in total. The van der Waals surface area contributed by atoms with E-state index in [4.69, 9.17) is 0 Å². The standard InChI is InChI=1S/C13H23N3O2/c1-11-5-3-4-6-16(11)13(18)15-9-7-14(8-10-15)12(2)17/h11H,3-10H2,1-2H3. The van der Waals surface area contributed by atoms with Crippen LogP contribution in [0.2, 0.25) is 0 Å². The molecule has 0 aromatic rings. The number of carbonyl (C=O) groups is 2. The first-order valence-electron chi connectivity index (χ1n) is 6.90. The second-order valence-corrected chi connectivity index (χ2v) is 5.31. The molecule has 0 radical (unpaired) electrons. The van der Waals surface area contributed by atoms with Gasteiger partial charge < -0.3 is 14.7 Å². The Morgan fingerprint density at radius 3 is 2.11 bits per heavy atom. The number of nitrogens with zero attached hydrogens (tertiary/aromatic N) is 3. The van der Waals surface area contributed by atoms with Gasteiger partial charge in [0.2, 0.25) is 5.91 Å². The molecule has 5 heteroatoms. The molecular weight excluding hydrogens is 230 g/mol. The fourth-order valence-electron chi connectivity index (χ4n) is 2.78. The van der Waals surface area contributed by atoms with E-state index in [1.165, 1.54) is 6.42 Å². The van der Waals surface area contributed by atoms with E-state index in [1.54, 1.807) is 6.92 Å². The van der Waals surface area contributed by atoms with E-state index in [9.17, 15) is 9.59 Å². The quantitative estimate of drug-likeness (QED) is 0.650. The van der Waals surface area contributed by atoms with Crippen molar-refractivity contribution in [2.24, 2.45) is 0 Å². The van der Waals surface area contributed by atoms with Crippen LogP contribution in [0.25, 0.3) is 0 Å². The molecule has 2 rings (SSSR count). The highest BCUT2D eigenvalue weighted by atomic mass is 16.2. The molecule has 102 valence electrons. The summed E-state index contributed by atoms with van der Waals surface area (Å²) in [6.45, 7) is 7.27. The van der Waals surface area contributed by atoms with Gasteiger partial charge in [0.05, 0.1) is 0 Å². The van der Waals surface area contributed by atoms with Gasteiger partial charge in [-0.15, -0.1) is 0 Å². The van der Waals surface area contributed by atoms with Crippen molar-refractivity contribution in [2.75, 3.05) is 32.7 Å². The molecule has 2 saturated heterocycles. The Balaban J connectivity index is 1.88. The van der Waals surface area contributed by atoms with Crippen LogP contribution in [0, 0.1) is 0 Å². The van der Waals surface area contributed by atoms with Crippen LogP contribution < -0.4 is 0 Å². The van der Waals surface area contributed by atoms with E-state index in [1.807, 2.05) is 14.7 Å². The normalized spacial score (nSPS) is 25.2. The molecule has 0 aliphatic carbocycles. The highest BCUT2D eigenvalue weighted by Gasteiger charge is 2.29. The van der Waals surface area contributed by atoms with Crippen LogP contribution >= 0.6 is 0 Å². The lowest BCUT2D eigenvalue weighted by Crippen LogP contribution is -2.56. The minimum atomic E-state index is 0.105. The summed E-state index contributed by atoms with van der Waals surface area (Å²) in [5.41, 5.74) is 0. The summed E-state index contributed by atoms with van der Waals surface area (Å²) in [5, 5.41) is 0. The maximum Gasteiger partial charge on any atom is 0.320 e. The number of carbonyl (C=O) groups excluding carboxylic acids is 2. The molecule has 0 aromatic heterocycles. The van der Waals surface area contributed by atoms with Gasteiger partial charge in [-0.05, 0) is 26.2 Å². The van der Waals surface area contributed by atoms with Crippen LogP contribution in [-0.4, -0.2) is 65.4 Å². The van der Waals surface area contributed by atoms with Crippen molar-refractivity contribution < 1.29 is 9.59 Å². The lowest BCUT2D eigenvalue weighted by Gasteiger charge is -2.40. The number of piperazine rings is 1. The highest BCUT2D eigenvalue weighted by Crippen LogP contribution is 2.18. The van der Waals surface area contributed by atoms with Gasteiger partial charge in [0.15, 0.2) is 0 Å². The monoisotopic (exact) mass is 253 g/mol. The van der Waals surface area contributed by atoms with Gasteiger partial charge in [-0.25, -0.2) is 4.79 Å². The summed E-state index contributed by atoms with van der Waals surface area (Å²) in [5.74, 6) is 0.105. The Morgan fingerprint density at radius 2 is 1.56 bits per heavy atom. The summed E-state index contributed by atoms with van der Waals surface area (Å²) in [7, 11) is 0. The fourth-order valence-corrected chi connectivity index (χ4v) is 2.78. The molecule has 0 aromatic carbocycles. The predicted octanol–water partition coefficient (Wildman–Crippen LogP) is 1.14. The van der Waals surface area contributed by atoms with E-state index in [2.05, 4.69) is 6.92 Å². The second kappa shape index (κ2) is 5.59. The van der Waals surface area contributed by atoms with Crippen LogP contribution in [0.4, 0.5) is 4.79 Å². The number of hydrogen-bond acceptors (Lipinski definition) is 2. The van der Waals surface area contributed by atoms with Crippen LogP contribution in [0.3, 0.4) is 0 Å². The van der Waals surface area contributed by atoms with Crippen LogP contribution in [-0.2, 0) is 4.79 Å². The first kappa shape index (κ1) is 13.2. The third-order valence-electron chi connectivity index (χ3n) is 4.04. The lowest BCUT2D eigenvalue weighted by molar-refractivity contribution is -0.130. The average Bonchev–Trinajstić information content (AvgIpc) is 2.38. The van der Waals surface area contributed by atoms with Gasteiger partial charge >= 0.3 is 6.03 Å². The number of hydrogen-bond donors (Lipinski definition) is 0. The summed E-state index contributed by atoms with van der Waals surface area (Å²) >= 11 is 0. The minimum Gasteiger partial charge on any atom is -0.339 e. The maximum absolute atomic E-state index is 12.4. The first-order chi connectivity index (χ1) is 8.59. The zero-order valence-corrected chi connectivity index (χ0v) is 11.4. The van der Waals surface area contributed by atoms with Crippen molar-refractivity contribution in [1.82, 2.24) is 14.7 Å². The largest absolute Gasteiger partial charge is 0.339 e. The van der Waals surface area contributed by atoms with E-state index < -0.39 is 0 Å². The van der Waals surface area contributed by atoms with Gasteiger partial charge in [0, 0.05) is 45.7 Å². The Kier molecular flexibility index (Phi) is 4.09. The van der Waals surface area contributed by atoms with Crippen molar-refractivity contribution in [3.63, 3.8) is 0 Å². The Labute approximate surface area is 109 Å². The number of amides is 3.